The maximum Gasteiger partial charge on any atom is 0.164 e. The lowest BCUT2D eigenvalue weighted by atomic mass is 10.0. The van der Waals surface area contributed by atoms with Gasteiger partial charge in [0, 0.05) is 32.8 Å². The minimum Gasteiger partial charge on any atom is -0.398 e. The van der Waals surface area contributed by atoms with Gasteiger partial charge in [0.25, 0.3) is 0 Å². The maximum absolute atomic E-state index is 12.7. The number of thiophene rings is 1. The van der Waals surface area contributed by atoms with Crippen LogP contribution in [0, 0.1) is 0 Å². The Labute approximate surface area is 154 Å². The van der Waals surface area contributed by atoms with Gasteiger partial charge in [-0.25, -0.2) is 0 Å². The predicted octanol–water partition coefficient (Wildman–Crippen LogP) is 6.09. The van der Waals surface area contributed by atoms with E-state index in [-0.39, 0.29) is 11.0 Å². The van der Waals surface area contributed by atoms with Gasteiger partial charge in [-0.1, -0.05) is 23.7 Å². The summed E-state index contributed by atoms with van der Waals surface area (Å²) in [6.45, 7) is 0. The highest BCUT2D eigenvalue weighted by molar-refractivity contribution is 7.99. The van der Waals surface area contributed by atoms with E-state index in [1.807, 2.05) is 29.6 Å². The standard InChI is InChI=1S/C19H16ClNOS2/c20-15-7-5-13(6-8-15)17(22)11-19(14-9-10-23-12-14)24-18-4-2-1-3-16(18)21/h1-10,12,19H,11,21H2/t19-/m0/s1. The van der Waals surface area contributed by atoms with Crippen LogP contribution in [0.15, 0.2) is 70.3 Å². The van der Waals surface area contributed by atoms with E-state index in [0.29, 0.717) is 17.0 Å². The van der Waals surface area contributed by atoms with Gasteiger partial charge in [0.05, 0.1) is 0 Å². The number of halogens is 1. The molecular formula is C19H16ClNOS2. The van der Waals surface area contributed by atoms with Crippen LogP contribution < -0.4 is 5.73 Å². The quantitative estimate of drug-likeness (QED) is 0.323. The van der Waals surface area contributed by atoms with Crippen molar-refractivity contribution < 1.29 is 4.79 Å². The van der Waals surface area contributed by atoms with Gasteiger partial charge < -0.3 is 5.73 Å². The van der Waals surface area contributed by atoms with Crippen LogP contribution >= 0.6 is 34.7 Å². The number of thioether (sulfide) groups is 1. The van der Waals surface area contributed by atoms with Crippen molar-refractivity contribution >= 4 is 46.2 Å². The summed E-state index contributed by atoms with van der Waals surface area (Å²) in [5.41, 5.74) is 8.63. The molecule has 0 saturated carbocycles. The van der Waals surface area contributed by atoms with Crippen LogP contribution in [0.25, 0.3) is 0 Å². The first-order valence-corrected chi connectivity index (χ1v) is 9.65. The molecule has 1 aromatic heterocycles. The van der Waals surface area contributed by atoms with Crippen LogP contribution in [-0.4, -0.2) is 5.78 Å². The molecule has 0 saturated heterocycles. The number of carbonyl (C=O) groups is 1. The molecular weight excluding hydrogens is 358 g/mol. The molecule has 2 aromatic carbocycles. The fourth-order valence-corrected chi connectivity index (χ4v) is 4.46. The molecule has 0 radical (unpaired) electrons. The van der Waals surface area contributed by atoms with Crippen LogP contribution in [0.4, 0.5) is 5.69 Å². The average molecular weight is 374 g/mol. The number of para-hydroxylation sites is 1. The number of benzene rings is 2. The lowest BCUT2D eigenvalue weighted by Crippen LogP contribution is -2.05. The fourth-order valence-electron chi connectivity index (χ4n) is 2.35. The molecule has 0 aliphatic carbocycles. The summed E-state index contributed by atoms with van der Waals surface area (Å²) in [6.07, 6.45) is 0.414. The molecule has 24 heavy (non-hydrogen) atoms. The zero-order valence-corrected chi connectivity index (χ0v) is 15.2. The Kier molecular flexibility index (Phi) is 5.61. The zero-order valence-electron chi connectivity index (χ0n) is 12.8. The third-order valence-corrected chi connectivity index (χ3v) is 5.94. The van der Waals surface area contributed by atoms with E-state index in [1.54, 1.807) is 47.4 Å². The van der Waals surface area contributed by atoms with Crippen LogP contribution in [0.3, 0.4) is 0 Å². The molecule has 122 valence electrons. The summed E-state index contributed by atoms with van der Waals surface area (Å²) in [5.74, 6) is 0.102. The Morgan fingerprint density at radius 3 is 2.54 bits per heavy atom. The topological polar surface area (TPSA) is 43.1 Å². The van der Waals surface area contributed by atoms with Gasteiger partial charge >= 0.3 is 0 Å². The average Bonchev–Trinajstić information content (AvgIpc) is 3.11. The van der Waals surface area contributed by atoms with Crippen molar-refractivity contribution in [1.82, 2.24) is 0 Å². The zero-order chi connectivity index (χ0) is 16.9. The molecule has 0 bridgehead atoms. The van der Waals surface area contributed by atoms with Gasteiger partial charge in [-0.05, 0) is 58.8 Å². The van der Waals surface area contributed by atoms with Gasteiger partial charge in [-0.3, -0.25) is 4.79 Å². The summed E-state index contributed by atoms with van der Waals surface area (Å²) in [5, 5.41) is 4.78. The molecule has 0 aliphatic rings. The number of hydrogen-bond donors (Lipinski definition) is 1. The first-order valence-electron chi connectivity index (χ1n) is 7.45. The highest BCUT2D eigenvalue weighted by atomic mass is 35.5. The highest BCUT2D eigenvalue weighted by Crippen LogP contribution is 2.41. The second kappa shape index (κ2) is 7.88. The lowest BCUT2D eigenvalue weighted by Gasteiger charge is -2.16. The van der Waals surface area contributed by atoms with Crippen LogP contribution in [0.1, 0.15) is 27.6 Å². The van der Waals surface area contributed by atoms with Crippen molar-refractivity contribution in [3.8, 4) is 0 Å². The number of carbonyl (C=O) groups excluding carboxylic acids is 1. The molecule has 3 rings (SSSR count). The van der Waals surface area contributed by atoms with Crippen LogP contribution in [-0.2, 0) is 0 Å². The van der Waals surface area contributed by atoms with Gasteiger partial charge in [0.2, 0.25) is 0 Å². The van der Waals surface area contributed by atoms with E-state index in [2.05, 4.69) is 11.4 Å². The number of ketones is 1. The first kappa shape index (κ1) is 17.1. The molecule has 5 heteroatoms. The van der Waals surface area contributed by atoms with Gasteiger partial charge in [-0.2, -0.15) is 11.3 Å². The smallest absolute Gasteiger partial charge is 0.164 e. The molecule has 3 aromatic rings. The Morgan fingerprint density at radius 1 is 1.12 bits per heavy atom. The fraction of sp³-hybridized carbons (Fsp3) is 0.105. The number of nitrogen functional groups attached to an aromatic ring is 1. The number of rotatable bonds is 6. The summed E-state index contributed by atoms with van der Waals surface area (Å²) in [4.78, 5) is 13.7. The molecule has 2 N–H and O–H groups in total. The van der Waals surface area contributed by atoms with E-state index >= 15 is 0 Å². The van der Waals surface area contributed by atoms with Crippen molar-refractivity contribution in [3.63, 3.8) is 0 Å². The van der Waals surface area contributed by atoms with E-state index < -0.39 is 0 Å². The molecule has 0 aliphatic heterocycles. The normalized spacial score (nSPS) is 12.0. The monoisotopic (exact) mass is 373 g/mol. The van der Waals surface area contributed by atoms with Crippen molar-refractivity contribution in [3.05, 3.63) is 81.5 Å². The Bertz CT molecular complexity index is 816. The second-order valence-electron chi connectivity index (χ2n) is 5.34. The minimum absolute atomic E-state index is 0.0316. The number of Topliss-reactive ketones (excluding diaryl/α,β-unsaturated/α-hetero) is 1. The molecule has 0 fully saturated rings. The predicted molar refractivity (Wildman–Crippen MR) is 104 cm³/mol. The van der Waals surface area contributed by atoms with E-state index in [9.17, 15) is 4.79 Å². The Hall–Kier alpha value is -1.75. The van der Waals surface area contributed by atoms with Crippen LogP contribution in [0.5, 0.6) is 0 Å². The van der Waals surface area contributed by atoms with Crippen molar-refractivity contribution in [2.45, 2.75) is 16.6 Å². The van der Waals surface area contributed by atoms with Crippen molar-refractivity contribution in [1.29, 1.82) is 0 Å². The van der Waals surface area contributed by atoms with Gasteiger partial charge in [0.15, 0.2) is 5.78 Å². The molecule has 0 spiro atoms. The third-order valence-electron chi connectivity index (χ3n) is 3.64. The van der Waals surface area contributed by atoms with E-state index in [4.69, 9.17) is 17.3 Å². The largest absolute Gasteiger partial charge is 0.398 e. The third kappa shape index (κ3) is 4.20. The van der Waals surface area contributed by atoms with Crippen LogP contribution in [0.2, 0.25) is 5.02 Å². The second-order valence-corrected chi connectivity index (χ2v) is 7.80. The number of anilines is 1. The van der Waals surface area contributed by atoms with E-state index in [0.717, 1.165) is 16.1 Å². The summed E-state index contributed by atoms with van der Waals surface area (Å²) >= 11 is 9.17. The van der Waals surface area contributed by atoms with Gasteiger partial charge in [0.1, 0.15) is 0 Å². The Balaban J connectivity index is 1.82. The molecule has 0 amide bonds. The number of nitrogens with two attached hydrogens (primary N) is 1. The SMILES string of the molecule is Nc1ccccc1S[C@@H](CC(=O)c1ccc(Cl)cc1)c1ccsc1. The Morgan fingerprint density at radius 2 is 1.88 bits per heavy atom. The lowest BCUT2D eigenvalue weighted by molar-refractivity contribution is 0.0982. The maximum atomic E-state index is 12.7. The molecule has 0 unspecified atom stereocenters. The summed E-state index contributed by atoms with van der Waals surface area (Å²) < 4.78 is 0. The van der Waals surface area contributed by atoms with Gasteiger partial charge in [-0.15, -0.1) is 11.8 Å². The number of hydrogen-bond acceptors (Lipinski definition) is 4. The molecule has 1 heterocycles. The molecule has 2 nitrogen and oxygen atoms in total. The first-order chi connectivity index (χ1) is 11.6. The van der Waals surface area contributed by atoms with Crippen molar-refractivity contribution in [2.75, 3.05) is 5.73 Å². The van der Waals surface area contributed by atoms with Crippen molar-refractivity contribution in [2.24, 2.45) is 0 Å². The summed E-state index contributed by atoms with van der Waals surface area (Å²) in [7, 11) is 0. The summed E-state index contributed by atoms with van der Waals surface area (Å²) in [6, 6.07) is 16.9. The van der Waals surface area contributed by atoms with E-state index in [1.165, 1.54) is 0 Å². The minimum atomic E-state index is 0.0316. The molecule has 1 atom stereocenters. The highest BCUT2D eigenvalue weighted by Gasteiger charge is 2.20.